The third-order valence-electron chi connectivity index (χ3n) is 17.5. The number of urea groups is 2. The molecule has 1 saturated heterocycles. The number of carboxylic acid groups (broad SMARTS) is 10. The van der Waals surface area contributed by atoms with Crippen LogP contribution in [0.25, 0.3) is 0 Å². The molecule has 39 heteroatoms. The van der Waals surface area contributed by atoms with Crippen LogP contribution in [0.5, 0.6) is 0 Å². The molecular weight excluding hydrogens is 1580 g/mol. The molecule has 3 rings (SSSR count). The molecular formula is C69H108LuN14O24. The van der Waals surface area contributed by atoms with Gasteiger partial charge in [0.2, 0.25) is 17.8 Å². The maximum atomic E-state index is 12.6. The van der Waals surface area contributed by atoms with E-state index in [1.807, 2.05) is 24.3 Å². The maximum Gasteiger partial charge on any atom is 0.326 e. The van der Waals surface area contributed by atoms with Crippen LogP contribution in [0, 0.1) is 36.9 Å². The van der Waals surface area contributed by atoms with E-state index in [2.05, 4.69) is 37.2 Å². The number of rotatable bonds is 55. The van der Waals surface area contributed by atoms with Crippen LogP contribution in [0.2, 0.25) is 0 Å². The molecule has 0 saturated carbocycles. The Morgan fingerprint density at radius 2 is 0.750 bits per heavy atom. The average molecular weight is 1690 g/mol. The number of amides is 6. The number of aliphatic carboxylic acids is 10. The Morgan fingerprint density at radius 3 is 1.19 bits per heavy atom. The normalized spacial score (nSPS) is 15.0. The Labute approximate surface area is 654 Å². The number of nitrogens with one attached hydrogen (secondary N) is 7. The zero-order valence-electron chi connectivity index (χ0n) is 60.8. The number of aryl methyl sites for hydroxylation is 1. The SMILES string of the molecule is O=C(O)CC[C@H](NC(=O)N[C@@H](CCCCNC(=O)CCCCCCCCNc1nc(CCCCCCCCC(=O)NCCCC[C@H](NC(=O)N[C@@H](CCC(=O)O)C(=O)O)C(=O)O)nc(Cc2ccc(CC3CN(CC(=O)O)CCN(CC(=O)O)CCN(CC(=O)O)CCN3CC(=O)O)cc2)n1)C(=O)O)C(=O)O.[Lu]. The van der Waals surface area contributed by atoms with E-state index in [1.54, 1.807) is 19.6 Å². The molecule has 0 aliphatic carbocycles. The number of nitrogens with zero attached hydrogens (tertiary/aromatic N) is 7. The molecule has 0 bridgehead atoms. The van der Waals surface area contributed by atoms with E-state index in [0.29, 0.717) is 81.9 Å². The van der Waals surface area contributed by atoms with Gasteiger partial charge >= 0.3 is 71.8 Å². The van der Waals surface area contributed by atoms with Crippen molar-refractivity contribution in [2.24, 2.45) is 0 Å². The summed E-state index contributed by atoms with van der Waals surface area (Å²) in [5.74, 6) is -11.5. The van der Waals surface area contributed by atoms with Gasteiger partial charge in [-0.1, -0.05) is 75.6 Å². The van der Waals surface area contributed by atoms with Gasteiger partial charge < -0.3 is 88.3 Å². The van der Waals surface area contributed by atoms with Crippen LogP contribution in [0.3, 0.4) is 0 Å². The van der Waals surface area contributed by atoms with Gasteiger partial charge in [0.15, 0.2) is 0 Å². The summed E-state index contributed by atoms with van der Waals surface area (Å²) in [4.78, 5) is 187. The summed E-state index contributed by atoms with van der Waals surface area (Å²) < 4.78 is 0. The third-order valence-corrected chi connectivity index (χ3v) is 17.5. The number of carboxylic acids is 10. The maximum absolute atomic E-state index is 12.6. The first-order chi connectivity index (χ1) is 50.9. The minimum absolute atomic E-state index is 0. The van der Waals surface area contributed by atoms with E-state index >= 15 is 0 Å². The fourth-order valence-electron chi connectivity index (χ4n) is 11.8. The van der Waals surface area contributed by atoms with Gasteiger partial charge in [-0.05, 0) is 94.6 Å². The monoisotopic (exact) mass is 1690 g/mol. The molecule has 2 aromatic rings. The largest absolute Gasteiger partial charge is 0.481 e. The Kier molecular flexibility index (Phi) is 48.4. The molecule has 6 amide bonds. The predicted molar refractivity (Wildman–Crippen MR) is 381 cm³/mol. The van der Waals surface area contributed by atoms with Crippen LogP contribution in [0.15, 0.2) is 24.3 Å². The van der Waals surface area contributed by atoms with Crippen molar-refractivity contribution >= 4 is 89.5 Å². The Morgan fingerprint density at radius 1 is 0.380 bits per heavy atom. The Balaban J connectivity index is 0.0000396. The second-order valence-electron chi connectivity index (χ2n) is 26.5. The van der Waals surface area contributed by atoms with Crippen molar-refractivity contribution in [3.8, 4) is 0 Å². The number of benzene rings is 1. The second kappa shape index (κ2) is 54.8. The quantitative estimate of drug-likeness (QED) is 0.0421. The smallest absolute Gasteiger partial charge is 0.326 e. The molecule has 1 radical (unpaired) electrons. The number of hydrogen-bond donors (Lipinski definition) is 17. The van der Waals surface area contributed by atoms with Gasteiger partial charge in [-0.3, -0.25) is 58.0 Å². The van der Waals surface area contributed by atoms with E-state index in [0.717, 1.165) is 75.3 Å². The molecule has 2 heterocycles. The summed E-state index contributed by atoms with van der Waals surface area (Å²) in [7, 11) is 0. The molecule has 17 N–H and O–H groups in total. The van der Waals surface area contributed by atoms with Crippen molar-refractivity contribution in [2.75, 3.05) is 96.9 Å². The molecule has 38 nitrogen and oxygen atoms in total. The van der Waals surface area contributed by atoms with Crippen LogP contribution in [0.4, 0.5) is 15.5 Å². The molecule has 5 atom stereocenters. The van der Waals surface area contributed by atoms with Gasteiger partial charge in [-0.15, -0.1) is 0 Å². The fourth-order valence-corrected chi connectivity index (χ4v) is 11.8. The Bertz CT molecular complexity index is 3200. The predicted octanol–water partition coefficient (Wildman–Crippen LogP) is 2.06. The number of anilines is 1. The third kappa shape index (κ3) is 45.2. The number of hydrogen-bond acceptors (Lipinski definition) is 22. The average Bonchev–Trinajstić information content (AvgIpc) is 0.846. The topological polar surface area (TPSA) is 577 Å². The minimum Gasteiger partial charge on any atom is -0.481 e. The second-order valence-corrected chi connectivity index (χ2v) is 26.5. The van der Waals surface area contributed by atoms with Crippen molar-refractivity contribution in [3.63, 3.8) is 0 Å². The van der Waals surface area contributed by atoms with E-state index in [4.69, 9.17) is 25.2 Å². The van der Waals surface area contributed by atoms with Crippen molar-refractivity contribution in [2.45, 2.75) is 204 Å². The first-order valence-electron chi connectivity index (χ1n) is 36.3. The number of carbonyl (C=O) groups is 14. The first-order valence-corrected chi connectivity index (χ1v) is 36.3. The molecule has 0 spiro atoms. The van der Waals surface area contributed by atoms with Gasteiger partial charge in [0, 0.05) is 147 Å². The molecule has 108 heavy (non-hydrogen) atoms. The molecule has 1 unspecified atom stereocenters. The summed E-state index contributed by atoms with van der Waals surface area (Å²) >= 11 is 0. The number of carbonyl (C=O) groups excluding carboxylic acids is 4. The zero-order chi connectivity index (χ0) is 79.1. The number of aromatic nitrogens is 3. The molecule has 1 aromatic heterocycles. The summed E-state index contributed by atoms with van der Waals surface area (Å²) in [6, 6.07) is -0.860. The van der Waals surface area contributed by atoms with Crippen LogP contribution in [-0.2, 0) is 76.8 Å². The van der Waals surface area contributed by atoms with Crippen molar-refractivity contribution < 1.29 is 155 Å². The molecule has 1 aliphatic heterocycles. The van der Waals surface area contributed by atoms with Gasteiger partial charge in [0.1, 0.15) is 35.8 Å². The van der Waals surface area contributed by atoms with Crippen molar-refractivity contribution in [1.29, 1.82) is 0 Å². The van der Waals surface area contributed by atoms with E-state index in [1.165, 1.54) is 0 Å². The molecule has 1 fully saturated rings. The summed E-state index contributed by atoms with van der Waals surface area (Å²) in [6.45, 7) is 0.619. The zero-order valence-corrected chi connectivity index (χ0v) is 62.4. The van der Waals surface area contributed by atoms with E-state index in [-0.39, 0.29) is 146 Å². The van der Waals surface area contributed by atoms with Crippen molar-refractivity contribution in [3.05, 3.63) is 47.0 Å². The van der Waals surface area contributed by atoms with Crippen LogP contribution < -0.4 is 37.2 Å². The van der Waals surface area contributed by atoms with E-state index in [9.17, 15) is 108 Å². The summed E-state index contributed by atoms with van der Waals surface area (Å²) in [5.41, 5.74) is 1.65. The summed E-state index contributed by atoms with van der Waals surface area (Å²) in [5, 5.41) is 112. The van der Waals surface area contributed by atoms with Gasteiger partial charge in [-0.25, -0.2) is 33.8 Å². The van der Waals surface area contributed by atoms with Crippen molar-refractivity contribution in [1.82, 2.24) is 66.5 Å². The Hall–Kier alpha value is -8.72. The minimum atomic E-state index is -1.53. The van der Waals surface area contributed by atoms with Crippen LogP contribution in [0.1, 0.15) is 177 Å². The van der Waals surface area contributed by atoms with Crippen LogP contribution in [-0.4, -0.2) is 291 Å². The van der Waals surface area contributed by atoms with Gasteiger partial charge in [0.05, 0.1) is 26.2 Å². The van der Waals surface area contributed by atoms with Crippen LogP contribution >= 0.6 is 0 Å². The summed E-state index contributed by atoms with van der Waals surface area (Å²) in [6.07, 6.45) is 11.0. The standard InChI is InChI=1S/C69H108N14O24.Lu/c84-55(70-30-15-12-17-49(63(98)99)73-68(106)75-51(65(102)103)26-28-57(86)87)20-10-6-2-1-5-9-19-53-77-54(79-67(78-53)72-32-14-8-4-3-7-11-21-56(85)71-31-16-13-18-50(64(100)101)74-69(107)76-52(66(104)105)27-29-58(88)89)40-47-24-22-46(23-25-47)39-48-41-82(44-61(94)95)36-35-80(42-59(90)91)33-34-81(43-60(92)93)37-38-83(48)45-62(96)97;/h22-25,48-52H,1-21,26-45H2,(H,70,84)(H,71,85)(H,86,87)(H,88,89)(H,90,91)(H,92,93)(H,94,95)(H,96,97)(H,98,99)(H,100,101)(H,102,103)(H,104,105)(H2,73,75,106)(H2,74,76,107)(H,72,77,78,79);/t48?,49-,50-,51-,52-;/m0./s1. The first kappa shape index (κ1) is 95.4. The number of unbranched alkanes of at least 4 members (excludes halogenated alkanes) is 12. The fraction of sp³-hybridized carbons (Fsp3) is 0.667. The molecule has 613 valence electrons. The molecule has 1 aliphatic rings. The van der Waals surface area contributed by atoms with E-state index < -0.39 is 141 Å². The van der Waals surface area contributed by atoms with Gasteiger partial charge in [0.25, 0.3) is 0 Å². The molecule has 1 aromatic carbocycles. The van der Waals surface area contributed by atoms with Gasteiger partial charge in [-0.2, -0.15) is 9.97 Å².